The van der Waals surface area contributed by atoms with Gasteiger partial charge in [0, 0.05) is 16.8 Å². The third-order valence-electron chi connectivity index (χ3n) is 7.08. The van der Waals surface area contributed by atoms with E-state index in [4.69, 9.17) is 34.9 Å². The molecule has 1 aliphatic heterocycles. The molecule has 1 saturated carbocycles. The number of halogens is 1. The van der Waals surface area contributed by atoms with Crippen LogP contribution in [-0.2, 0) is 28.1 Å². The minimum atomic E-state index is -4.22. The number of benzene rings is 1. The van der Waals surface area contributed by atoms with E-state index in [9.17, 15) is 18.9 Å². The molecule has 0 radical (unpaired) electrons. The molecule has 42 heavy (non-hydrogen) atoms. The zero-order valence-electron chi connectivity index (χ0n) is 24.1. The van der Waals surface area contributed by atoms with E-state index < -0.39 is 43.5 Å². The zero-order valence-corrected chi connectivity index (χ0v) is 25.7. The Balaban J connectivity index is 1.49. The Morgan fingerprint density at radius 3 is 2.57 bits per heavy atom. The smallest absolute Gasteiger partial charge is 0.459 e. The van der Waals surface area contributed by atoms with Crippen molar-refractivity contribution in [3.8, 4) is 5.75 Å². The van der Waals surface area contributed by atoms with E-state index >= 15 is 0 Å². The van der Waals surface area contributed by atoms with Gasteiger partial charge in [0.05, 0.1) is 6.61 Å². The zero-order chi connectivity index (χ0) is 30.3. The molecule has 232 valence electrons. The van der Waals surface area contributed by atoms with Crippen molar-refractivity contribution in [2.75, 3.05) is 13.2 Å². The first-order valence-corrected chi connectivity index (χ1v) is 16.2. The third-order valence-corrected chi connectivity index (χ3v) is 8.90. The summed E-state index contributed by atoms with van der Waals surface area (Å²) < 4.78 is 44.2. The average Bonchev–Trinajstić information content (AvgIpc) is 3.43. The number of aromatic nitrogens is 2. The average molecular weight is 628 g/mol. The van der Waals surface area contributed by atoms with Gasteiger partial charge in [-0.3, -0.25) is 23.7 Å². The van der Waals surface area contributed by atoms with Gasteiger partial charge in [-0.1, -0.05) is 31.9 Å². The first-order valence-electron chi connectivity index (χ1n) is 14.3. The summed E-state index contributed by atoms with van der Waals surface area (Å²) in [6.07, 6.45) is 5.08. The molecule has 1 saturated heterocycles. The molecule has 1 aromatic heterocycles. The van der Waals surface area contributed by atoms with E-state index in [1.54, 1.807) is 19.1 Å². The lowest BCUT2D eigenvalue weighted by Crippen LogP contribution is -2.40. The number of hydrogen-bond acceptors (Lipinski definition) is 9. The van der Waals surface area contributed by atoms with E-state index in [0.29, 0.717) is 23.4 Å². The molecule has 4 atom stereocenters. The number of ether oxygens (including phenoxy) is 3. The Bertz CT molecular complexity index is 1360. The summed E-state index contributed by atoms with van der Waals surface area (Å²) in [5.74, 6) is -0.0151. The van der Waals surface area contributed by atoms with Gasteiger partial charge in [-0.2, -0.15) is 5.09 Å². The molecule has 0 amide bonds. The molecule has 2 heterocycles. The highest BCUT2D eigenvalue weighted by molar-refractivity contribution is 7.52. The maximum Gasteiger partial charge on any atom is 0.459 e. The van der Waals surface area contributed by atoms with Crippen LogP contribution in [0.4, 0.5) is 0 Å². The Morgan fingerprint density at radius 1 is 1.17 bits per heavy atom. The largest absolute Gasteiger partial charge is 0.461 e. The lowest BCUT2D eigenvalue weighted by atomic mass is 9.97. The molecule has 2 aromatic rings. The summed E-state index contributed by atoms with van der Waals surface area (Å²) in [6, 6.07) is 5.27. The summed E-state index contributed by atoms with van der Waals surface area (Å²) in [7, 11) is -4.22. The van der Waals surface area contributed by atoms with Crippen molar-refractivity contribution in [3.63, 3.8) is 0 Å². The molecular formula is C28H39ClN3O9P. The second-order valence-electron chi connectivity index (χ2n) is 11.0. The van der Waals surface area contributed by atoms with Crippen molar-refractivity contribution in [1.82, 2.24) is 14.6 Å². The maximum absolute atomic E-state index is 14.2. The Labute approximate surface area is 249 Å². The van der Waals surface area contributed by atoms with Crippen molar-refractivity contribution in [2.24, 2.45) is 5.92 Å². The van der Waals surface area contributed by atoms with Crippen LogP contribution in [-0.4, -0.2) is 47.2 Å². The molecule has 2 N–H and O–H groups in total. The van der Waals surface area contributed by atoms with Gasteiger partial charge in [0.2, 0.25) is 0 Å². The van der Waals surface area contributed by atoms with Crippen LogP contribution in [0.5, 0.6) is 5.75 Å². The lowest BCUT2D eigenvalue weighted by molar-refractivity contribution is -0.153. The van der Waals surface area contributed by atoms with Crippen LogP contribution in [0.3, 0.4) is 0 Å². The summed E-state index contributed by atoms with van der Waals surface area (Å²) in [5.41, 5.74) is -0.811. The third kappa shape index (κ3) is 9.26. The van der Waals surface area contributed by atoms with Crippen molar-refractivity contribution >= 4 is 25.3 Å². The number of carbonyl (C=O) groups excluding carboxylic acids is 1. The van der Waals surface area contributed by atoms with Crippen LogP contribution in [0.15, 0.2) is 40.1 Å². The minimum Gasteiger partial charge on any atom is -0.461 e. The number of esters is 1. The first-order chi connectivity index (χ1) is 20.0. The van der Waals surface area contributed by atoms with Gasteiger partial charge in [0.15, 0.2) is 12.5 Å². The summed E-state index contributed by atoms with van der Waals surface area (Å²) in [4.78, 5) is 39.5. The highest BCUT2D eigenvalue weighted by atomic mass is 35.5. The van der Waals surface area contributed by atoms with Crippen LogP contribution >= 0.6 is 19.3 Å². The number of rotatable bonds is 13. The summed E-state index contributed by atoms with van der Waals surface area (Å²) in [6.45, 7) is 5.27. The Kier molecular flexibility index (Phi) is 11.4. The molecule has 2 fully saturated rings. The topological polar surface area (TPSA) is 147 Å². The van der Waals surface area contributed by atoms with Gasteiger partial charge in [-0.15, -0.1) is 0 Å². The van der Waals surface area contributed by atoms with E-state index in [-0.39, 0.29) is 31.0 Å². The number of nitrogens with one attached hydrogen (secondary N) is 2. The minimum absolute atomic E-state index is 0.0140. The normalized spacial score (nSPS) is 21.6. The molecule has 2 aliphatic rings. The molecule has 12 nitrogen and oxygen atoms in total. The fraction of sp³-hybridized carbons (Fsp3) is 0.607. The molecular weight excluding hydrogens is 589 g/mol. The summed E-state index contributed by atoms with van der Waals surface area (Å²) >= 11 is 6.00. The number of aromatic amines is 1. The number of hydrogen-bond donors (Lipinski definition) is 2. The highest BCUT2D eigenvalue weighted by Crippen LogP contribution is 2.46. The second kappa shape index (κ2) is 14.8. The molecule has 1 unspecified atom stereocenters. The van der Waals surface area contributed by atoms with Crippen molar-refractivity contribution in [1.29, 1.82) is 0 Å². The van der Waals surface area contributed by atoms with E-state index in [1.165, 1.54) is 22.9 Å². The van der Waals surface area contributed by atoms with Crippen LogP contribution in [0.25, 0.3) is 0 Å². The molecule has 1 aliphatic carbocycles. The Hall–Kier alpha value is -2.47. The monoisotopic (exact) mass is 627 g/mol. The summed E-state index contributed by atoms with van der Waals surface area (Å²) in [5, 5.41) is 3.29. The fourth-order valence-corrected chi connectivity index (χ4v) is 6.35. The van der Waals surface area contributed by atoms with Gasteiger partial charge < -0.3 is 18.7 Å². The quantitative estimate of drug-likeness (QED) is 0.233. The van der Waals surface area contributed by atoms with E-state index in [0.717, 1.165) is 32.1 Å². The predicted molar refractivity (Wildman–Crippen MR) is 156 cm³/mol. The highest BCUT2D eigenvalue weighted by Gasteiger charge is 2.38. The van der Waals surface area contributed by atoms with Gasteiger partial charge in [-0.05, 0) is 75.6 Å². The predicted octanol–water partition coefficient (Wildman–Crippen LogP) is 4.84. The molecule has 1 aromatic carbocycles. The van der Waals surface area contributed by atoms with Crippen LogP contribution in [0, 0.1) is 12.8 Å². The molecule has 0 bridgehead atoms. The van der Waals surface area contributed by atoms with E-state index in [1.807, 2.05) is 13.8 Å². The fourth-order valence-electron chi connectivity index (χ4n) is 4.72. The number of nitrogens with zero attached hydrogens (tertiary/aromatic N) is 1. The van der Waals surface area contributed by atoms with Crippen LogP contribution in [0.2, 0.25) is 5.02 Å². The molecule has 4 rings (SSSR count). The van der Waals surface area contributed by atoms with Crippen LogP contribution in [0.1, 0.15) is 70.6 Å². The lowest BCUT2D eigenvalue weighted by Gasteiger charge is -2.28. The number of H-pyrrole nitrogens is 1. The number of carbonyl (C=O) groups is 1. The number of aryl methyl sites for hydroxylation is 1. The van der Waals surface area contributed by atoms with Crippen LogP contribution < -0.4 is 20.9 Å². The van der Waals surface area contributed by atoms with E-state index in [2.05, 4.69) is 10.1 Å². The second-order valence-corrected chi connectivity index (χ2v) is 13.2. The molecule has 0 spiro atoms. The first kappa shape index (κ1) is 32.4. The van der Waals surface area contributed by atoms with Gasteiger partial charge >= 0.3 is 19.4 Å². The van der Waals surface area contributed by atoms with Crippen molar-refractivity contribution < 1.29 is 32.6 Å². The Morgan fingerprint density at radius 2 is 1.88 bits per heavy atom. The maximum atomic E-state index is 14.2. The van der Waals surface area contributed by atoms with Crippen molar-refractivity contribution in [3.05, 3.63) is 61.9 Å². The SMILES string of the molecule is Cc1cn([C@H]2CO[C@@H](COP(=O)(N[C@@H](CCC(C)C)C(=O)OC3CCCCC3)Oc3ccc(Cl)cc3)O2)c(=O)[nH]c1=O. The molecule has 14 heteroatoms. The van der Waals surface area contributed by atoms with Gasteiger partial charge in [0.25, 0.3) is 5.56 Å². The standard InChI is InChI=1S/C28H39ClN3O9P/c1-18(2)9-14-23(27(34)39-21-7-5-4-6-8-21)31-42(36,41-22-12-10-20(29)11-13-22)38-17-25-37-16-24(40-25)32-15-19(3)26(33)30-28(32)35/h10-13,15,18,21,23-25H,4-9,14,16-17H2,1-3H3,(H,31,36)(H,30,33,35)/t23-,24+,25+,42?/m0/s1. The van der Waals surface area contributed by atoms with Gasteiger partial charge in [0.1, 0.15) is 24.5 Å². The van der Waals surface area contributed by atoms with Crippen molar-refractivity contribution in [2.45, 2.75) is 90.4 Å². The van der Waals surface area contributed by atoms with Gasteiger partial charge in [-0.25, -0.2) is 9.36 Å².